The summed E-state index contributed by atoms with van der Waals surface area (Å²) in [5.74, 6) is 0.573. The zero-order valence-electron chi connectivity index (χ0n) is 24.6. The van der Waals surface area contributed by atoms with Gasteiger partial charge in [0.05, 0.1) is 45.2 Å². The molecule has 0 spiro atoms. The third kappa shape index (κ3) is 7.40. The largest absolute Gasteiger partial charge is 0.507 e. The highest BCUT2D eigenvalue weighted by Gasteiger charge is 2.46. The second-order valence-corrected chi connectivity index (χ2v) is 10.8. The number of likely N-dealkylation sites (tertiary alicyclic amines) is 1. The van der Waals surface area contributed by atoms with E-state index in [0.717, 1.165) is 25.9 Å². The molecule has 4 rings (SSSR count). The monoisotopic (exact) mass is 566 g/mol. The molecule has 1 amide bonds. The van der Waals surface area contributed by atoms with E-state index in [1.165, 1.54) is 0 Å². The second kappa shape index (κ2) is 14.4. The molecule has 1 unspecified atom stereocenters. The number of benzene rings is 2. The minimum atomic E-state index is -0.796. The van der Waals surface area contributed by atoms with Gasteiger partial charge in [-0.05, 0) is 48.6 Å². The van der Waals surface area contributed by atoms with Crippen LogP contribution in [0.5, 0.6) is 17.2 Å². The lowest BCUT2D eigenvalue weighted by Gasteiger charge is -2.31. The first-order valence-corrected chi connectivity index (χ1v) is 14.5. The Labute approximate surface area is 242 Å². The highest BCUT2D eigenvalue weighted by Crippen LogP contribution is 2.42. The van der Waals surface area contributed by atoms with Crippen LogP contribution in [0.1, 0.15) is 50.8 Å². The van der Waals surface area contributed by atoms with Gasteiger partial charge in [0.2, 0.25) is 0 Å². The van der Waals surface area contributed by atoms with Gasteiger partial charge in [-0.1, -0.05) is 39.0 Å². The van der Waals surface area contributed by atoms with Crippen molar-refractivity contribution in [2.45, 2.75) is 39.7 Å². The molecule has 2 aromatic carbocycles. The number of hydrogen-bond acceptors (Lipinski definition) is 8. The van der Waals surface area contributed by atoms with Gasteiger partial charge in [0.1, 0.15) is 11.5 Å². The molecule has 0 radical (unpaired) electrons. The number of hydrogen-bond donors (Lipinski definition) is 1. The maximum absolute atomic E-state index is 13.5. The quantitative estimate of drug-likeness (QED) is 0.212. The lowest BCUT2D eigenvalue weighted by atomic mass is 9.95. The summed E-state index contributed by atoms with van der Waals surface area (Å²) in [6, 6.07) is 11.6. The normalized spacial score (nSPS) is 19.1. The van der Waals surface area contributed by atoms with E-state index in [1.807, 2.05) is 13.0 Å². The van der Waals surface area contributed by atoms with Crippen LogP contribution in [0.3, 0.4) is 0 Å². The van der Waals surface area contributed by atoms with E-state index >= 15 is 0 Å². The Balaban J connectivity index is 1.73. The Kier molecular flexibility index (Phi) is 10.7. The maximum Gasteiger partial charge on any atom is 0.295 e. The minimum Gasteiger partial charge on any atom is -0.507 e. The lowest BCUT2D eigenvalue weighted by molar-refractivity contribution is -0.140. The number of Topliss-reactive ketones (excluding diaryl/α,β-unsaturated/α-hetero) is 1. The van der Waals surface area contributed by atoms with Crippen LogP contribution < -0.4 is 14.2 Å². The summed E-state index contributed by atoms with van der Waals surface area (Å²) < 4.78 is 22.8. The Morgan fingerprint density at radius 1 is 1.02 bits per heavy atom. The fourth-order valence-electron chi connectivity index (χ4n) is 5.02. The van der Waals surface area contributed by atoms with Gasteiger partial charge in [0.25, 0.3) is 11.7 Å². The number of aliphatic hydroxyl groups excluding tert-OH is 1. The number of morpholine rings is 1. The Hall–Kier alpha value is -3.56. The van der Waals surface area contributed by atoms with E-state index in [2.05, 4.69) is 18.7 Å². The molecule has 2 heterocycles. The number of amides is 1. The van der Waals surface area contributed by atoms with Gasteiger partial charge in [-0.15, -0.1) is 0 Å². The SMILES string of the molecule is CCCOc1cccc(C(O)=C2C(=O)C(=O)N(CCN3CCOCC3)C2c2ccc(OCCC(C)C)c(OC)c2)c1. The maximum atomic E-state index is 13.5. The topological polar surface area (TPSA) is 97.8 Å². The van der Waals surface area contributed by atoms with Crippen molar-refractivity contribution in [1.29, 1.82) is 0 Å². The van der Waals surface area contributed by atoms with E-state index < -0.39 is 17.7 Å². The summed E-state index contributed by atoms with van der Waals surface area (Å²) in [6.07, 6.45) is 1.73. The molecule has 0 aliphatic carbocycles. The molecule has 9 nitrogen and oxygen atoms in total. The second-order valence-electron chi connectivity index (χ2n) is 10.8. The Morgan fingerprint density at radius 3 is 2.51 bits per heavy atom. The zero-order valence-corrected chi connectivity index (χ0v) is 24.6. The molecule has 2 aliphatic heterocycles. The molecule has 1 N–H and O–H groups in total. The van der Waals surface area contributed by atoms with Crippen molar-refractivity contribution < 1.29 is 33.6 Å². The highest BCUT2D eigenvalue weighted by molar-refractivity contribution is 6.46. The minimum absolute atomic E-state index is 0.0418. The summed E-state index contributed by atoms with van der Waals surface area (Å²) >= 11 is 0. The molecule has 0 bridgehead atoms. The first-order chi connectivity index (χ1) is 19.8. The average molecular weight is 567 g/mol. The summed E-state index contributed by atoms with van der Waals surface area (Å²) in [5.41, 5.74) is 1.11. The number of nitrogens with zero attached hydrogens (tertiary/aromatic N) is 2. The molecule has 1 atom stereocenters. The first-order valence-electron chi connectivity index (χ1n) is 14.5. The van der Waals surface area contributed by atoms with Gasteiger partial charge in [-0.2, -0.15) is 0 Å². The van der Waals surface area contributed by atoms with E-state index in [4.69, 9.17) is 18.9 Å². The lowest BCUT2D eigenvalue weighted by Crippen LogP contribution is -2.42. The van der Waals surface area contributed by atoms with E-state index in [0.29, 0.717) is 73.8 Å². The van der Waals surface area contributed by atoms with Crippen LogP contribution in [0, 0.1) is 5.92 Å². The fraction of sp³-hybridized carbons (Fsp3) is 0.500. The predicted molar refractivity (Wildman–Crippen MR) is 156 cm³/mol. The van der Waals surface area contributed by atoms with Crippen molar-refractivity contribution in [2.75, 3.05) is 59.7 Å². The molecule has 2 aromatic rings. The standard InChI is InChI=1S/C32H42N2O7/c1-5-16-40-25-8-6-7-24(20-25)30(35)28-29(23-9-10-26(27(21-23)38-4)41-17-11-22(2)3)34(32(37)31(28)36)13-12-33-14-18-39-19-15-33/h6-10,20-22,29,35H,5,11-19H2,1-4H3. The predicted octanol–water partition coefficient (Wildman–Crippen LogP) is 4.66. The summed E-state index contributed by atoms with van der Waals surface area (Å²) in [6.45, 7) is 11.0. The van der Waals surface area contributed by atoms with Gasteiger partial charge in [0.15, 0.2) is 11.5 Å². The van der Waals surface area contributed by atoms with E-state index in [1.54, 1.807) is 48.4 Å². The molecular weight excluding hydrogens is 524 g/mol. The number of carbonyl (C=O) groups is 2. The Bertz CT molecular complexity index is 1240. The summed E-state index contributed by atoms with van der Waals surface area (Å²) in [4.78, 5) is 30.7. The third-order valence-electron chi connectivity index (χ3n) is 7.34. The van der Waals surface area contributed by atoms with Gasteiger partial charge >= 0.3 is 0 Å². The van der Waals surface area contributed by atoms with Crippen molar-refractivity contribution in [3.63, 3.8) is 0 Å². The van der Waals surface area contributed by atoms with Gasteiger partial charge in [-0.25, -0.2) is 0 Å². The number of methoxy groups -OCH3 is 1. The van der Waals surface area contributed by atoms with Crippen LogP contribution in [0.25, 0.3) is 5.76 Å². The van der Waals surface area contributed by atoms with Crippen LogP contribution >= 0.6 is 0 Å². The van der Waals surface area contributed by atoms with Gasteiger partial charge in [0, 0.05) is 31.7 Å². The van der Waals surface area contributed by atoms with Crippen molar-refractivity contribution >= 4 is 17.4 Å². The molecule has 2 saturated heterocycles. The number of carbonyl (C=O) groups excluding carboxylic acids is 2. The number of ether oxygens (including phenoxy) is 4. The Morgan fingerprint density at radius 2 is 1.80 bits per heavy atom. The van der Waals surface area contributed by atoms with Gasteiger partial charge < -0.3 is 29.0 Å². The van der Waals surface area contributed by atoms with Crippen LogP contribution in [-0.4, -0.2) is 86.3 Å². The molecule has 222 valence electrons. The van der Waals surface area contributed by atoms with Crippen LogP contribution in [0.4, 0.5) is 0 Å². The summed E-state index contributed by atoms with van der Waals surface area (Å²) in [5, 5.41) is 11.5. The smallest absolute Gasteiger partial charge is 0.295 e. The van der Waals surface area contributed by atoms with Crippen molar-refractivity contribution in [3.8, 4) is 17.2 Å². The molecular formula is C32H42N2O7. The van der Waals surface area contributed by atoms with E-state index in [-0.39, 0.29) is 11.3 Å². The molecule has 0 aromatic heterocycles. The van der Waals surface area contributed by atoms with Gasteiger partial charge in [-0.3, -0.25) is 14.5 Å². The van der Waals surface area contributed by atoms with Crippen molar-refractivity contribution in [2.24, 2.45) is 5.92 Å². The summed E-state index contributed by atoms with van der Waals surface area (Å²) in [7, 11) is 1.56. The molecule has 0 saturated carbocycles. The molecule has 9 heteroatoms. The fourth-order valence-corrected chi connectivity index (χ4v) is 5.02. The van der Waals surface area contributed by atoms with Crippen LogP contribution in [0.2, 0.25) is 0 Å². The van der Waals surface area contributed by atoms with Crippen LogP contribution in [-0.2, 0) is 14.3 Å². The van der Waals surface area contributed by atoms with Crippen molar-refractivity contribution in [3.05, 3.63) is 59.2 Å². The number of ketones is 1. The zero-order chi connectivity index (χ0) is 29.4. The third-order valence-corrected chi connectivity index (χ3v) is 7.34. The number of aliphatic hydroxyl groups is 1. The highest BCUT2D eigenvalue weighted by atomic mass is 16.5. The van der Waals surface area contributed by atoms with E-state index in [9.17, 15) is 14.7 Å². The average Bonchev–Trinajstić information content (AvgIpc) is 3.24. The first kappa shape index (κ1) is 30.4. The number of rotatable bonds is 13. The molecule has 2 fully saturated rings. The molecule has 2 aliphatic rings. The van der Waals surface area contributed by atoms with Crippen molar-refractivity contribution in [1.82, 2.24) is 9.80 Å². The molecule has 41 heavy (non-hydrogen) atoms. The van der Waals surface area contributed by atoms with Crippen LogP contribution in [0.15, 0.2) is 48.0 Å².